The zero-order chi connectivity index (χ0) is 19.7. The Hall–Kier alpha value is -3.54. The number of carbonyl (C=O) groups excluding carboxylic acids is 2. The van der Waals surface area contributed by atoms with E-state index in [4.69, 9.17) is 14.2 Å². The molecule has 2 aliphatic rings. The summed E-state index contributed by atoms with van der Waals surface area (Å²) in [6.07, 6.45) is 1.68. The van der Waals surface area contributed by atoms with E-state index >= 15 is 0 Å². The fraction of sp³-hybridized carbons (Fsp3) is 0.182. The molecule has 0 fully saturated rings. The van der Waals surface area contributed by atoms with Gasteiger partial charge in [-0.25, -0.2) is 4.79 Å². The summed E-state index contributed by atoms with van der Waals surface area (Å²) in [5.41, 5.74) is 2.53. The molecular formula is C22H19NO5. The number of para-hydroxylation sites is 1. The van der Waals surface area contributed by atoms with E-state index in [0.717, 1.165) is 5.56 Å². The first-order valence-electron chi connectivity index (χ1n) is 8.99. The van der Waals surface area contributed by atoms with Crippen LogP contribution in [0.1, 0.15) is 19.4 Å². The predicted octanol–water partition coefficient (Wildman–Crippen LogP) is 3.68. The highest BCUT2D eigenvalue weighted by Gasteiger charge is 2.38. The number of carbonyl (C=O) groups is 2. The van der Waals surface area contributed by atoms with Crippen LogP contribution >= 0.6 is 0 Å². The molecule has 2 heterocycles. The van der Waals surface area contributed by atoms with Gasteiger partial charge in [0.2, 0.25) is 6.79 Å². The highest BCUT2D eigenvalue weighted by atomic mass is 16.7. The van der Waals surface area contributed by atoms with Gasteiger partial charge in [-0.15, -0.1) is 0 Å². The molecule has 0 radical (unpaired) electrons. The minimum absolute atomic E-state index is 0.170. The second kappa shape index (κ2) is 7.23. The van der Waals surface area contributed by atoms with Crippen LogP contribution in [0.2, 0.25) is 0 Å². The first-order valence-corrected chi connectivity index (χ1v) is 8.99. The van der Waals surface area contributed by atoms with Crippen LogP contribution in [0, 0.1) is 0 Å². The Balaban J connectivity index is 1.80. The van der Waals surface area contributed by atoms with Crippen LogP contribution in [0.15, 0.2) is 65.4 Å². The summed E-state index contributed by atoms with van der Waals surface area (Å²) in [7, 11) is 0. The van der Waals surface area contributed by atoms with Crippen molar-refractivity contribution in [3.8, 4) is 11.5 Å². The van der Waals surface area contributed by atoms with Crippen molar-refractivity contribution in [1.29, 1.82) is 0 Å². The number of hydrogen-bond acceptors (Lipinski definition) is 5. The summed E-state index contributed by atoms with van der Waals surface area (Å²) in [5, 5.41) is 0. The zero-order valence-electron chi connectivity index (χ0n) is 15.6. The molecular weight excluding hydrogens is 358 g/mol. The molecule has 28 heavy (non-hydrogen) atoms. The van der Waals surface area contributed by atoms with Crippen molar-refractivity contribution >= 4 is 23.6 Å². The highest BCUT2D eigenvalue weighted by molar-refractivity contribution is 6.23. The van der Waals surface area contributed by atoms with Crippen LogP contribution in [0.25, 0.3) is 6.08 Å². The summed E-state index contributed by atoms with van der Waals surface area (Å²) in [6, 6.07) is 14.6. The Bertz CT molecular complexity index is 1010. The van der Waals surface area contributed by atoms with E-state index in [2.05, 4.69) is 0 Å². The van der Waals surface area contributed by atoms with Crippen LogP contribution in [0.5, 0.6) is 11.5 Å². The van der Waals surface area contributed by atoms with Crippen LogP contribution in [0.4, 0.5) is 5.69 Å². The average Bonchev–Trinajstić information content (AvgIpc) is 3.25. The monoisotopic (exact) mass is 377 g/mol. The smallest absolute Gasteiger partial charge is 0.340 e. The van der Waals surface area contributed by atoms with Crippen molar-refractivity contribution in [2.24, 2.45) is 0 Å². The van der Waals surface area contributed by atoms with Crippen LogP contribution in [-0.2, 0) is 14.3 Å². The molecule has 0 saturated heterocycles. The van der Waals surface area contributed by atoms with E-state index in [1.54, 1.807) is 32.1 Å². The first kappa shape index (κ1) is 17.9. The summed E-state index contributed by atoms with van der Waals surface area (Å²) in [5.74, 6) is 0.476. The maximum Gasteiger partial charge on any atom is 0.340 e. The maximum atomic E-state index is 13.2. The number of benzene rings is 2. The largest absolute Gasteiger partial charge is 0.462 e. The third kappa shape index (κ3) is 3.03. The Kier molecular flexibility index (Phi) is 4.61. The molecule has 0 N–H and O–H groups in total. The number of rotatable bonds is 4. The highest BCUT2D eigenvalue weighted by Crippen LogP contribution is 2.37. The van der Waals surface area contributed by atoms with Gasteiger partial charge >= 0.3 is 5.97 Å². The molecule has 142 valence electrons. The van der Waals surface area contributed by atoms with Gasteiger partial charge in [-0.3, -0.25) is 9.69 Å². The second-order valence-corrected chi connectivity index (χ2v) is 6.33. The molecule has 1 amide bonds. The van der Waals surface area contributed by atoms with E-state index in [-0.39, 0.29) is 24.9 Å². The molecule has 0 aromatic heterocycles. The molecule has 2 aromatic carbocycles. The van der Waals surface area contributed by atoms with Gasteiger partial charge in [-0.1, -0.05) is 24.3 Å². The van der Waals surface area contributed by atoms with Crippen molar-refractivity contribution in [3.63, 3.8) is 0 Å². The van der Waals surface area contributed by atoms with Crippen molar-refractivity contribution in [1.82, 2.24) is 0 Å². The predicted molar refractivity (Wildman–Crippen MR) is 104 cm³/mol. The summed E-state index contributed by atoms with van der Waals surface area (Å²) in [4.78, 5) is 27.4. The lowest BCUT2D eigenvalue weighted by Gasteiger charge is -2.17. The summed E-state index contributed by atoms with van der Waals surface area (Å²) >= 11 is 0. The molecule has 0 bridgehead atoms. The van der Waals surface area contributed by atoms with Crippen molar-refractivity contribution in [3.05, 3.63) is 70.9 Å². The topological polar surface area (TPSA) is 65.1 Å². The average molecular weight is 377 g/mol. The second-order valence-electron chi connectivity index (χ2n) is 6.33. The van der Waals surface area contributed by atoms with Gasteiger partial charge in [-0.2, -0.15) is 0 Å². The minimum Gasteiger partial charge on any atom is -0.462 e. The number of fused-ring (bicyclic) bond motifs is 1. The standard InChI is InChI=1S/C22H19NO5/c1-3-26-22(25)20-14(2)23(16-7-5-4-6-8-16)21(24)17(20)11-15-9-10-18-19(12-15)28-13-27-18/h4-12H,3,13H2,1-2H3/b17-11+. The van der Waals surface area contributed by atoms with E-state index in [9.17, 15) is 9.59 Å². The molecule has 4 rings (SSSR count). The maximum absolute atomic E-state index is 13.2. The normalized spacial score (nSPS) is 16.9. The lowest BCUT2D eigenvalue weighted by atomic mass is 10.0. The molecule has 0 saturated carbocycles. The first-order chi connectivity index (χ1) is 13.6. The lowest BCUT2D eigenvalue weighted by molar-refractivity contribution is -0.138. The quantitative estimate of drug-likeness (QED) is 0.601. The van der Waals surface area contributed by atoms with Gasteiger partial charge in [0, 0.05) is 11.4 Å². The molecule has 0 aliphatic carbocycles. The van der Waals surface area contributed by atoms with Crippen molar-refractivity contribution < 1.29 is 23.8 Å². The number of ether oxygens (including phenoxy) is 3. The van der Waals surface area contributed by atoms with Gasteiger partial charge in [0.15, 0.2) is 11.5 Å². The lowest BCUT2D eigenvalue weighted by Crippen LogP contribution is -2.24. The van der Waals surface area contributed by atoms with E-state index < -0.39 is 5.97 Å². The third-order valence-electron chi connectivity index (χ3n) is 4.60. The van der Waals surface area contributed by atoms with Gasteiger partial charge in [0.05, 0.1) is 17.8 Å². The third-order valence-corrected chi connectivity index (χ3v) is 4.60. The van der Waals surface area contributed by atoms with Crippen LogP contribution in [-0.4, -0.2) is 25.3 Å². The Morgan fingerprint density at radius 3 is 2.64 bits per heavy atom. The summed E-state index contributed by atoms with van der Waals surface area (Å²) in [6.45, 7) is 3.88. The van der Waals surface area contributed by atoms with E-state index in [1.165, 1.54) is 4.90 Å². The Morgan fingerprint density at radius 1 is 1.14 bits per heavy atom. The van der Waals surface area contributed by atoms with Crippen LogP contribution < -0.4 is 14.4 Å². The minimum atomic E-state index is -0.515. The van der Waals surface area contributed by atoms with Gasteiger partial charge in [-0.05, 0) is 49.8 Å². The Labute approximate surface area is 162 Å². The molecule has 0 spiro atoms. The SMILES string of the molecule is CCOC(=O)C1=C(C)N(c2ccccc2)C(=O)/C1=C/c1ccc2c(c1)OCO2. The molecule has 2 aliphatic heterocycles. The number of anilines is 1. The zero-order valence-corrected chi connectivity index (χ0v) is 15.6. The van der Waals surface area contributed by atoms with Gasteiger partial charge < -0.3 is 14.2 Å². The number of amides is 1. The van der Waals surface area contributed by atoms with Crippen LogP contribution in [0.3, 0.4) is 0 Å². The molecule has 2 aromatic rings. The fourth-order valence-electron chi connectivity index (χ4n) is 3.34. The van der Waals surface area contributed by atoms with E-state index in [1.807, 2.05) is 36.4 Å². The molecule has 6 heteroatoms. The van der Waals surface area contributed by atoms with Crippen molar-refractivity contribution in [2.75, 3.05) is 18.3 Å². The molecule has 0 unspecified atom stereocenters. The Morgan fingerprint density at radius 2 is 1.89 bits per heavy atom. The number of allylic oxidation sites excluding steroid dienone is 1. The van der Waals surface area contributed by atoms with Gasteiger partial charge in [0.25, 0.3) is 5.91 Å². The molecule has 0 atom stereocenters. The molecule has 6 nitrogen and oxygen atoms in total. The van der Waals surface area contributed by atoms with Crippen molar-refractivity contribution in [2.45, 2.75) is 13.8 Å². The number of hydrogen-bond donors (Lipinski definition) is 0. The summed E-state index contributed by atoms with van der Waals surface area (Å²) < 4.78 is 15.9. The number of nitrogens with zero attached hydrogens (tertiary/aromatic N) is 1. The fourth-order valence-corrected chi connectivity index (χ4v) is 3.34. The van der Waals surface area contributed by atoms with E-state index in [0.29, 0.717) is 28.5 Å². The van der Waals surface area contributed by atoms with Gasteiger partial charge in [0.1, 0.15) is 0 Å². The number of esters is 1.